The van der Waals surface area contributed by atoms with Gasteiger partial charge in [0, 0.05) is 32.0 Å². The van der Waals surface area contributed by atoms with Crippen molar-refractivity contribution in [3.63, 3.8) is 0 Å². The van der Waals surface area contributed by atoms with Gasteiger partial charge in [0.1, 0.15) is 0 Å². The fourth-order valence-corrected chi connectivity index (χ4v) is 1.52. The molecular formula is C13H21N3O2. The quantitative estimate of drug-likeness (QED) is 0.693. The third kappa shape index (κ3) is 3.92. The zero-order chi connectivity index (χ0) is 13.9. The third-order valence-electron chi connectivity index (χ3n) is 2.43. The average molecular weight is 251 g/mol. The van der Waals surface area contributed by atoms with Gasteiger partial charge in [-0.05, 0) is 32.0 Å². The first kappa shape index (κ1) is 14.3. The summed E-state index contributed by atoms with van der Waals surface area (Å²) in [7, 11) is 3.72. The van der Waals surface area contributed by atoms with Crippen LogP contribution in [0.5, 0.6) is 0 Å². The number of nitrogens with zero attached hydrogens (tertiary/aromatic N) is 1. The molecule has 1 rings (SSSR count). The van der Waals surface area contributed by atoms with Crippen LogP contribution in [0.1, 0.15) is 24.2 Å². The average Bonchev–Trinajstić information content (AvgIpc) is 2.24. The monoisotopic (exact) mass is 251 g/mol. The lowest BCUT2D eigenvalue weighted by Gasteiger charge is -2.20. The molecule has 100 valence electrons. The standard InChI is InChI=1S/C13H21N3O2/c1-13(2,18)8-15-12(17)10-7-9(14)5-6-11(10)16(3)4/h5-7,18H,8,14H2,1-4H3,(H,15,17). The maximum atomic E-state index is 12.1. The molecule has 18 heavy (non-hydrogen) atoms. The number of hydrogen-bond acceptors (Lipinski definition) is 4. The summed E-state index contributed by atoms with van der Waals surface area (Å²) in [6.07, 6.45) is 0. The smallest absolute Gasteiger partial charge is 0.253 e. The Morgan fingerprint density at radius 1 is 1.44 bits per heavy atom. The van der Waals surface area contributed by atoms with E-state index in [4.69, 9.17) is 5.73 Å². The van der Waals surface area contributed by atoms with Crippen LogP contribution in [-0.2, 0) is 0 Å². The molecule has 1 aromatic rings. The van der Waals surface area contributed by atoms with E-state index in [9.17, 15) is 9.90 Å². The number of amides is 1. The largest absolute Gasteiger partial charge is 0.399 e. The fraction of sp³-hybridized carbons (Fsp3) is 0.462. The van der Waals surface area contributed by atoms with Gasteiger partial charge in [-0.3, -0.25) is 4.79 Å². The number of hydrogen-bond donors (Lipinski definition) is 3. The summed E-state index contributed by atoms with van der Waals surface area (Å²) in [5.41, 5.74) is 6.59. The minimum Gasteiger partial charge on any atom is -0.399 e. The number of nitrogens with one attached hydrogen (secondary N) is 1. The van der Waals surface area contributed by atoms with Crippen molar-refractivity contribution in [3.05, 3.63) is 23.8 Å². The van der Waals surface area contributed by atoms with Crippen LogP contribution >= 0.6 is 0 Å². The molecule has 0 saturated carbocycles. The lowest BCUT2D eigenvalue weighted by atomic mass is 10.1. The Morgan fingerprint density at radius 2 is 2.06 bits per heavy atom. The summed E-state index contributed by atoms with van der Waals surface area (Å²) in [5.74, 6) is -0.242. The first-order valence-electron chi connectivity index (χ1n) is 5.78. The van der Waals surface area contributed by atoms with E-state index in [2.05, 4.69) is 5.32 Å². The van der Waals surface area contributed by atoms with Crippen molar-refractivity contribution in [3.8, 4) is 0 Å². The summed E-state index contributed by atoms with van der Waals surface area (Å²) < 4.78 is 0. The number of carbonyl (C=O) groups excluding carboxylic acids is 1. The first-order chi connectivity index (χ1) is 8.20. The van der Waals surface area contributed by atoms with Crippen LogP contribution in [0.2, 0.25) is 0 Å². The molecule has 1 amide bonds. The molecule has 0 aromatic heterocycles. The molecule has 5 heteroatoms. The van der Waals surface area contributed by atoms with Gasteiger partial charge in [-0.15, -0.1) is 0 Å². The van der Waals surface area contributed by atoms with E-state index in [0.717, 1.165) is 5.69 Å². The minimum absolute atomic E-state index is 0.188. The second kappa shape index (κ2) is 5.27. The van der Waals surface area contributed by atoms with Crippen molar-refractivity contribution in [2.24, 2.45) is 0 Å². The van der Waals surface area contributed by atoms with Gasteiger partial charge < -0.3 is 21.1 Å². The summed E-state index contributed by atoms with van der Waals surface area (Å²) in [6.45, 7) is 3.46. The number of benzene rings is 1. The normalized spacial score (nSPS) is 11.2. The summed E-state index contributed by atoms with van der Waals surface area (Å²) >= 11 is 0. The number of nitrogens with two attached hydrogens (primary N) is 1. The van der Waals surface area contributed by atoms with Crippen LogP contribution < -0.4 is 16.0 Å². The molecule has 0 spiro atoms. The molecule has 5 nitrogen and oxygen atoms in total. The van der Waals surface area contributed by atoms with Gasteiger partial charge in [-0.2, -0.15) is 0 Å². The highest BCUT2D eigenvalue weighted by atomic mass is 16.3. The summed E-state index contributed by atoms with van der Waals surface area (Å²) in [6, 6.07) is 5.19. The number of nitrogen functional groups attached to an aromatic ring is 1. The van der Waals surface area contributed by atoms with E-state index in [1.807, 2.05) is 19.0 Å². The van der Waals surface area contributed by atoms with E-state index in [1.165, 1.54) is 0 Å². The van der Waals surface area contributed by atoms with Crippen molar-refractivity contribution in [2.75, 3.05) is 31.3 Å². The molecule has 0 fully saturated rings. The molecule has 0 heterocycles. The van der Waals surface area contributed by atoms with Gasteiger partial charge in [-0.1, -0.05) is 0 Å². The van der Waals surface area contributed by atoms with E-state index >= 15 is 0 Å². The Hall–Kier alpha value is -1.75. The van der Waals surface area contributed by atoms with Gasteiger partial charge in [0.2, 0.25) is 0 Å². The van der Waals surface area contributed by atoms with E-state index in [0.29, 0.717) is 11.3 Å². The van der Waals surface area contributed by atoms with Crippen LogP contribution in [-0.4, -0.2) is 37.3 Å². The van der Waals surface area contributed by atoms with Crippen LogP contribution in [0.25, 0.3) is 0 Å². The predicted octanol–water partition coefficient (Wildman–Crippen LogP) is 0.836. The Labute approximate surface area is 108 Å². The van der Waals surface area contributed by atoms with Gasteiger partial charge in [0.15, 0.2) is 0 Å². The molecule has 0 aliphatic carbocycles. The number of aliphatic hydroxyl groups is 1. The second-order valence-corrected chi connectivity index (χ2v) is 5.17. The zero-order valence-corrected chi connectivity index (χ0v) is 11.3. The molecule has 0 aliphatic rings. The Morgan fingerprint density at radius 3 is 2.56 bits per heavy atom. The second-order valence-electron chi connectivity index (χ2n) is 5.17. The molecule has 0 saturated heterocycles. The molecule has 0 aliphatic heterocycles. The molecule has 4 N–H and O–H groups in total. The lowest BCUT2D eigenvalue weighted by Crippen LogP contribution is -2.38. The SMILES string of the molecule is CN(C)c1ccc(N)cc1C(=O)NCC(C)(C)O. The van der Waals surface area contributed by atoms with Crippen molar-refractivity contribution in [1.82, 2.24) is 5.32 Å². The van der Waals surface area contributed by atoms with Crippen molar-refractivity contribution in [2.45, 2.75) is 19.4 Å². The van der Waals surface area contributed by atoms with Crippen molar-refractivity contribution >= 4 is 17.3 Å². The van der Waals surface area contributed by atoms with Crippen LogP contribution in [0.3, 0.4) is 0 Å². The van der Waals surface area contributed by atoms with Crippen LogP contribution in [0.15, 0.2) is 18.2 Å². The Balaban J connectivity index is 2.94. The molecule has 0 atom stereocenters. The van der Waals surface area contributed by atoms with E-state index in [-0.39, 0.29) is 12.5 Å². The van der Waals surface area contributed by atoms with Gasteiger partial charge in [-0.25, -0.2) is 0 Å². The molecule has 0 unspecified atom stereocenters. The highest BCUT2D eigenvalue weighted by molar-refractivity contribution is 6.00. The van der Waals surface area contributed by atoms with E-state index in [1.54, 1.807) is 32.0 Å². The fourth-order valence-electron chi connectivity index (χ4n) is 1.52. The molecule has 0 radical (unpaired) electrons. The van der Waals surface area contributed by atoms with Crippen LogP contribution in [0.4, 0.5) is 11.4 Å². The van der Waals surface area contributed by atoms with E-state index < -0.39 is 5.60 Å². The summed E-state index contributed by atoms with van der Waals surface area (Å²) in [4.78, 5) is 13.9. The van der Waals surface area contributed by atoms with Gasteiger partial charge in [0.25, 0.3) is 5.91 Å². The Kier molecular flexibility index (Phi) is 4.19. The van der Waals surface area contributed by atoms with Crippen molar-refractivity contribution < 1.29 is 9.90 Å². The highest BCUT2D eigenvalue weighted by Gasteiger charge is 2.17. The molecule has 0 bridgehead atoms. The minimum atomic E-state index is -0.936. The number of anilines is 2. The number of rotatable bonds is 4. The predicted molar refractivity (Wildman–Crippen MR) is 73.8 cm³/mol. The lowest BCUT2D eigenvalue weighted by molar-refractivity contribution is 0.0694. The Bertz CT molecular complexity index is 436. The van der Waals surface area contributed by atoms with Crippen LogP contribution in [0, 0.1) is 0 Å². The third-order valence-corrected chi connectivity index (χ3v) is 2.43. The first-order valence-corrected chi connectivity index (χ1v) is 5.78. The molecular weight excluding hydrogens is 230 g/mol. The molecule has 1 aromatic carbocycles. The van der Waals surface area contributed by atoms with Gasteiger partial charge >= 0.3 is 0 Å². The topological polar surface area (TPSA) is 78.6 Å². The van der Waals surface area contributed by atoms with Gasteiger partial charge in [0.05, 0.1) is 11.2 Å². The number of carbonyl (C=O) groups is 1. The maximum absolute atomic E-state index is 12.1. The summed E-state index contributed by atoms with van der Waals surface area (Å²) in [5, 5.41) is 12.3. The zero-order valence-electron chi connectivity index (χ0n) is 11.3. The maximum Gasteiger partial charge on any atom is 0.253 e. The van der Waals surface area contributed by atoms with Crippen molar-refractivity contribution in [1.29, 1.82) is 0 Å². The highest BCUT2D eigenvalue weighted by Crippen LogP contribution is 2.21.